The summed E-state index contributed by atoms with van der Waals surface area (Å²) in [4.78, 5) is 27.6. The van der Waals surface area contributed by atoms with Crippen LogP contribution in [-0.4, -0.2) is 78.1 Å². The fourth-order valence-corrected chi connectivity index (χ4v) is 4.67. The molecule has 3 N–H and O–H groups in total. The zero-order chi connectivity index (χ0) is 26.8. The van der Waals surface area contributed by atoms with E-state index in [4.69, 9.17) is 14.6 Å². The van der Waals surface area contributed by atoms with Crippen molar-refractivity contribution in [1.29, 1.82) is 0 Å². The van der Waals surface area contributed by atoms with E-state index in [1.165, 1.54) is 17.0 Å². The molecule has 1 aliphatic rings. The Hall–Kier alpha value is -2.54. The maximum absolute atomic E-state index is 13.7. The number of amides is 2. The number of nitrogens with zero attached hydrogens (tertiary/aromatic N) is 1. The maximum atomic E-state index is 13.7. The van der Waals surface area contributed by atoms with E-state index < -0.39 is 24.2 Å². The van der Waals surface area contributed by atoms with E-state index in [-0.39, 0.29) is 44.4 Å². The average Bonchev–Trinajstić information content (AvgIpc) is 2.89. The van der Waals surface area contributed by atoms with Crippen LogP contribution in [0.2, 0.25) is 0 Å². The highest BCUT2D eigenvalue weighted by Crippen LogP contribution is 2.30. The van der Waals surface area contributed by atoms with E-state index in [0.29, 0.717) is 29.9 Å². The number of carbonyl (C=O) groups excluding carboxylic acids is 2. The fraction of sp³-hybridized carbons (Fsp3) is 0.407. The number of ether oxygens (including phenoxy) is 2. The second-order valence-corrected chi connectivity index (χ2v) is 9.71. The smallest absolute Gasteiger partial charge is 0.248 e. The molecule has 0 radical (unpaired) electrons. The number of nitrogens with one attached hydrogen (secondary N) is 1. The summed E-state index contributed by atoms with van der Waals surface area (Å²) in [6.07, 6.45) is -0.0824. The van der Waals surface area contributed by atoms with Crippen molar-refractivity contribution in [2.45, 2.75) is 38.0 Å². The van der Waals surface area contributed by atoms with Gasteiger partial charge in [0.2, 0.25) is 11.8 Å². The third-order valence-electron chi connectivity index (χ3n) is 5.99. The van der Waals surface area contributed by atoms with Gasteiger partial charge in [-0.3, -0.25) is 9.59 Å². The zero-order valence-electron chi connectivity index (χ0n) is 20.6. The molecule has 0 heterocycles. The molecule has 200 valence electrons. The lowest BCUT2D eigenvalue weighted by atomic mass is 9.88. The molecule has 2 amide bonds. The van der Waals surface area contributed by atoms with Crippen LogP contribution in [0.4, 0.5) is 4.39 Å². The Balaban J connectivity index is 1.92. The predicted molar refractivity (Wildman–Crippen MR) is 144 cm³/mol. The summed E-state index contributed by atoms with van der Waals surface area (Å²) >= 11 is 2.12. The van der Waals surface area contributed by atoms with Gasteiger partial charge in [-0.05, 0) is 71.8 Å². The zero-order valence-corrected chi connectivity index (χ0v) is 22.8. The normalized spacial score (nSPS) is 19.2. The quantitative estimate of drug-likeness (QED) is 0.313. The lowest BCUT2D eigenvalue weighted by Crippen LogP contribution is -2.56. The van der Waals surface area contributed by atoms with Gasteiger partial charge in [0.1, 0.15) is 30.4 Å². The van der Waals surface area contributed by atoms with Gasteiger partial charge in [-0.15, -0.1) is 0 Å². The number of benzene rings is 2. The van der Waals surface area contributed by atoms with Crippen LogP contribution in [-0.2, 0) is 20.7 Å². The Bertz CT molecular complexity index is 1100. The van der Waals surface area contributed by atoms with Crippen LogP contribution in [0.1, 0.15) is 18.9 Å². The first-order chi connectivity index (χ1) is 17.8. The van der Waals surface area contributed by atoms with E-state index in [9.17, 15) is 19.1 Å². The number of para-hydroxylation sites is 1. The Labute approximate surface area is 229 Å². The molecule has 0 saturated carbocycles. The van der Waals surface area contributed by atoms with Crippen LogP contribution in [0.15, 0.2) is 60.2 Å². The summed E-state index contributed by atoms with van der Waals surface area (Å²) in [5.74, 6) is -0.609. The summed E-state index contributed by atoms with van der Waals surface area (Å²) in [6.45, 7) is 1.94. The van der Waals surface area contributed by atoms with Crippen LogP contribution in [0.25, 0.3) is 0 Å². The number of aliphatic hydroxyl groups is 2. The van der Waals surface area contributed by atoms with Gasteiger partial charge in [-0.2, -0.15) is 0 Å². The Kier molecular flexibility index (Phi) is 11.3. The SMILES string of the molecule is CCOCC(=O)N(CCc1cccc(F)c1)[C@@H]1CC(C(=O)NCCO)=C[C@H](Oc2ccccc2I)[C@H]1O. The molecular formula is C27H32FIN2O6. The first kappa shape index (κ1) is 29.0. The van der Waals surface area contributed by atoms with Crippen molar-refractivity contribution in [3.63, 3.8) is 0 Å². The molecule has 0 spiro atoms. The van der Waals surface area contributed by atoms with E-state index >= 15 is 0 Å². The third kappa shape index (κ3) is 8.22. The van der Waals surface area contributed by atoms with E-state index in [1.807, 2.05) is 12.1 Å². The van der Waals surface area contributed by atoms with Gasteiger partial charge in [-0.1, -0.05) is 24.3 Å². The maximum Gasteiger partial charge on any atom is 0.248 e. The van der Waals surface area contributed by atoms with Crippen molar-refractivity contribution in [3.05, 3.63) is 75.1 Å². The molecule has 2 aromatic rings. The number of rotatable bonds is 12. The Morgan fingerprint density at radius 3 is 2.70 bits per heavy atom. The van der Waals surface area contributed by atoms with E-state index in [2.05, 4.69) is 27.9 Å². The minimum atomic E-state index is -1.15. The highest BCUT2D eigenvalue weighted by Gasteiger charge is 2.40. The van der Waals surface area contributed by atoms with Crippen molar-refractivity contribution in [3.8, 4) is 5.75 Å². The summed E-state index contributed by atoms with van der Waals surface area (Å²) < 4.78 is 26.0. The van der Waals surface area contributed by atoms with Crippen LogP contribution >= 0.6 is 22.6 Å². The molecule has 3 atom stereocenters. The van der Waals surface area contributed by atoms with Gasteiger partial charge in [0.25, 0.3) is 0 Å². The van der Waals surface area contributed by atoms with Crippen LogP contribution in [0.5, 0.6) is 5.75 Å². The number of hydrogen-bond acceptors (Lipinski definition) is 6. The molecule has 0 aromatic heterocycles. The summed E-state index contributed by atoms with van der Waals surface area (Å²) in [7, 11) is 0. The molecule has 8 nitrogen and oxygen atoms in total. The number of hydrogen-bond donors (Lipinski definition) is 3. The summed E-state index contributed by atoms with van der Waals surface area (Å²) in [5.41, 5.74) is 1.03. The minimum absolute atomic E-state index is 0.0675. The average molecular weight is 626 g/mol. The first-order valence-corrected chi connectivity index (χ1v) is 13.2. The Morgan fingerprint density at radius 1 is 1.22 bits per heavy atom. The van der Waals surface area contributed by atoms with Gasteiger partial charge < -0.3 is 29.9 Å². The lowest BCUT2D eigenvalue weighted by molar-refractivity contribution is -0.143. The monoisotopic (exact) mass is 626 g/mol. The van der Waals surface area contributed by atoms with Crippen molar-refractivity contribution in [2.24, 2.45) is 0 Å². The van der Waals surface area contributed by atoms with Crippen LogP contribution < -0.4 is 10.1 Å². The second-order valence-electron chi connectivity index (χ2n) is 8.55. The molecule has 10 heteroatoms. The topological polar surface area (TPSA) is 108 Å². The fourth-order valence-electron chi connectivity index (χ4n) is 4.16. The highest BCUT2D eigenvalue weighted by molar-refractivity contribution is 14.1. The molecule has 2 aromatic carbocycles. The molecule has 1 aliphatic carbocycles. The number of aliphatic hydroxyl groups excluding tert-OH is 2. The highest BCUT2D eigenvalue weighted by atomic mass is 127. The molecule has 0 saturated heterocycles. The van der Waals surface area contributed by atoms with Crippen molar-refractivity contribution in [1.82, 2.24) is 10.2 Å². The molecule has 0 bridgehead atoms. The van der Waals surface area contributed by atoms with E-state index in [1.54, 1.807) is 37.3 Å². The number of halogens is 2. The van der Waals surface area contributed by atoms with E-state index in [0.717, 1.165) is 3.57 Å². The standard InChI is InChI=1S/C27H32FIN2O6/c1-2-36-17-25(33)31(12-10-18-6-5-7-20(28)14-18)22-15-19(27(35)30-11-13-32)16-24(26(22)34)37-23-9-4-3-8-21(23)29/h3-9,14,16,22,24,26,32,34H,2,10-13,15,17H2,1H3,(H,30,35)/t22-,24+,26+/m1/s1. The second kappa shape index (κ2) is 14.4. The molecular weight excluding hydrogens is 594 g/mol. The van der Waals surface area contributed by atoms with Gasteiger partial charge in [-0.25, -0.2) is 4.39 Å². The van der Waals surface area contributed by atoms with Crippen molar-refractivity contribution in [2.75, 3.05) is 32.9 Å². The van der Waals surface area contributed by atoms with Crippen LogP contribution in [0.3, 0.4) is 0 Å². The molecule has 0 fully saturated rings. The molecule has 37 heavy (non-hydrogen) atoms. The van der Waals surface area contributed by atoms with Crippen molar-refractivity contribution >= 4 is 34.4 Å². The minimum Gasteiger partial charge on any atom is -0.482 e. The first-order valence-electron chi connectivity index (χ1n) is 12.1. The van der Waals surface area contributed by atoms with Gasteiger partial charge in [0, 0.05) is 31.7 Å². The Morgan fingerprint density at radius 2 is 2.00 bits per heavy atom. The van der Waals surface area contributed by atoms with Gasteiger partial charge in [0.05, 0.1) is 16.2 Å². The molecule has 0 aliphatic heterocycles. The third-order valence-corrected chi connectivity index (χ3v) is 6.89. The van der Waals surface area contributed by atoms with Crippen molar-refractivity contribution < 1.29 is 33.7 Å². The summed E-state index contributed by atoms with van der Waals surface area (Å²) in [5, 5.41) is 23.2. The summed E-state index contributed by atoms with van der Waals surface area (Å²) in [6, 6.07) is 12.6. The lowest BCUT2D eigenvalue weighted by Gasteiger charge is -2.40. The molecule has 3 rings (SSSR count). The predicted octanol–water partition coefficient (Wildman–Crippen LogP) is 2.45. The largest absolute Gasteiger partial charge is 0.482 e. The van der Waals surface area contributed by atoms with Crippen LogP contribution in [0, 0.1) is 9.39 Å². The van der Waals surface area contributed by atoms with Gasteiger partial charge >= 0.3 is 0 Å². The molecule has 0 unspecified atom stereocenters. The van der Waals surface area contributed by atoms with Gasteiger partial charge in [0.15, 0.2) is 0 Å². The number of carbonyl (C=O) groups is 2.